The van der Waals surface area contributed by atoms with Gasteiger partial charge in [0.1, 0.15) is 0 Å². The molecule has 0 fully saturated rings. The van der Waals surface area contributed by atoms with Gasteiger partial charge in [-0.15, -0.1) is 0 Å². The molecule has 1 aromatic heterocycles. The van der Waals surface area contributed by atoms with Crippen LogP contribution >= 0.6 is 0 Å². The maximum Gasteiger partial charge on any atom is 0.313 e. The number of carbonyl (C=O) groups is 1. The molecule has 4 heteroatoms. The Kier molecular flexibility index (Phi) is 10.5. The molecule has 0 spiro atoms. The average molecular weight is 411 g/mol. The Hall–Kier alpha value is -2.23. The lowest BCUT2D eigenvalue weighted by Gasteiger charge is -2.14. The van der Waals surface area contributed by atoms with Gasteiger partial charge in [-0.3, -0.25) is 4.79 Å². The predicted molar refractivity (Wildman–Crippen MR) is 123 cm³/mol. The van der Waals surface area contributed by atoms with Gasteiger partial charge in [-0.2, -0.15) is 0 Å². The van der Waals surface area contributed by atoms with Gasteiger partial charge in [-0.25, -0.2) is 9.97 Å². The third-order valence-electron chi connectivity index (χ3n) is 5.75. The summed E-state index contributed by atoms with van der Waals surface area (Å²) in [6.07, 6.45) is 13.7. The Morgan fingerprint density at radius 3 is 2.20 bits per heavy atom. The van der Waals surface area contributed by atoms with E-state index in [2.05, 4.69) is 30.7 Å². The Labute approximate surface area is 182 Å². The van der Waals surface area contributed by atoms with E-state index in [9.17, 15) is 4.79 Å². The molecule has 0 saturated carbocycles. The molecule has 2 atom stereocenters. The highest BCUT2D eigenvalue weighted by Gasteiger charge is 2.17. The van der Waals surface area contributed by atoms with Crippen LogP contribution in [0.25, 0.3) is 11.4 Å². The number of esters is 1. The third kappa shape index (κ3) is 7.89. The van der Waals surface area contributed by atoms with E-state index in [1.54, 1.807) is 0 Å². The third-order valence-corrected chi connectivity index (χ3v) is 5.75. The van der Waals surface area contributed by atoms with E-state index in [0.29, 0.717) is 12.5 Å². The lowest BCUT2D eigenvalue weighted by atomic mass is 9.99. The van der Waals surface area contributed by atoms with Gasteiger partial charge in [0.25, 0.3) is 0 Å². The molecule has 1 heterocycles. The van der Waals surface area contributed by atoms with Crippen LogP contribution in [-0.4, -0.2) is 22.5 Å². The highest BCUT2D eigenvalue weighted by atomic mass is 16.5. The molecule has 0 saturated heterocycles. The molecule has 0 aliphatic carbocycles. The molecular weight excluding hydrogens is 372 g/mol. The maximum atomic E-state index is 12.3. The Morgan fingerprint density at radius 2 is 1.57 bits per heavy atom. The van der Waals surface area contributed by atoms with Crippen LogP contribution in [0.5, 0.6) is 0 Å². The van der Waals surface area contributed by atoms with Gasteiger partial charge in [0.15, 0.2) is 5.82 Å². The second kappa shape index (κ2) is 13.1. The van der Waals surface area contributed by atoms with E-state index in [1.165, 1.54) is 44.1 Å². The number of unbranched alkanes of at least 4 members (excludes halogenated alkanes) is 5. The molecule has 0 aliphatic heterocycles. The summed E-state index contributed by atoms with van der Waals surface area (Å²) < 4.78 is 5.43. The van der Waals surface area contributed by atoms with Crippen LogP contribution in [0.4, 0.5) is 0 Å². The molecule has 1 aromatic carbocycles. The summed E-state index contributed by atoms with van der Waals surface area (Å²) in [5.74, 6) is 0.673. The van der Waals surface area contributed by atoms with E-state index >= 15 is 0 Å². The highest BCUT2D eigenvalue weighted by molar-refractivity contribution is 5.78. The Balaban J connectivity index is 1.86. The molecule has 164 valence electrons. The number of nitrogens with zero attached hydrogens (tertiary/aromatic N) is 2. The van der Waals surface area contributed by atoms with Crippen LogP contribution in [0.3, 0.4) is 0 Å². The summed E-state index contributed by atoms with van der Waals surface area (Å²) in [4.78, 5) is 21.4. The lowest BCUT2D eigenvalue weighted by Crippen LogP contribution is -2.16. The summed E-state index contributed by atoms with van der Waals surface area (Å²) in [6.45, 7) is 8.81. The van der Waals surface area contributed by atoms with E-state index in [1.807, 2.05) is 43.6 Å². The standard InChI is InChI=1S/C26H38N2O2/c1-5-7-8-9-10-11-12-22-17-27-25(28-18-22)24-15-13-23(14-16-24)21(4)26(29)30-19-20(3)6-2/h13-18,20-21H,5-12,19H2,1-4H3/t20?,21-/m1/s1. The first kappa shape index (κ1) is 24.0. The zero-order valence-corrected chi connectivity index (χ0v) is 19.2. The maximum absolute atomic E-state index is 12.3. The largest absolute Gasteiger partial charge is 0.465 e. The van der Waals surface area contributed by atoms with Gasteiger partial charge < -0.3 is 4.74 Å². The molecular formula is C26H38N2O2. The van der Waals surface area contributed by atoms with Crippen molar-refractivity contribution in [2.45, 2.75) is 85.0 Å². The van der Waals surface area contributed by atoms with Crippen molar-refractivity contribution in [2.75, 3.05) is 6.61 Å². The van der Waals surface area contributed by atoms with Gasteiger partial charge in [-0.1, -0.05) is 83.6 Å². The van der Waals surface area contributed by atoms with Crippen LogP contribution in [0.15, 0.2) is 36.7 Å². The van der Waals surface area contributed by atoms with Gasteiger partial charge in [0, 0.05) is 18.0 Å². The summed E-state index contributed by atoms with van der Waals surface area (Å²) in [5, 5.41) is 0. The van der Waals surface area contributed by atoms with E-state index in [-0.39, 0.29) is 11.9 Å². The molecule has 2 aromatic rings. The molecule has 1 unspecified atom stereocenters. The molecule has 0 amide bonds. The monoisotopic (exact) mass is 410 g/mol. The first-order valence-corrected chi connectivity index (χ1v) is 11.6. The molecule has 2 rings (SSSR count). The summed E-state index contributed by atoms with van der Waals surface area (Å²) in [7, 11) is 0. The zero-order valence-electron chi connectivity index (χ0n) is 19.2. The first-order valence-electron chi connectivity index (χ1n) is 11.6. The molecule has 30 heavy (non-hydrogen) atoms. The quantitative estimate of drug-likeness (QED) is 0.271. The number of ether oxygens (including phenoxy) is 1. The van der Waals surface area contributed by atoms with Gasteiger partial charge in [-0.05, 0) is 36.8 Å². The molecule has 4 nitrogen and oxygen atoms in total. The zero-order chi connectivity index (χ0) is 21.8. The van der Waals surface area contributed by atoms with Crippen LogP contribution in [0, 0.1) is 5.92 Å². The molecule has 0 N–H and O–H groups in total. The van der Waals surface area contributed by atoms with Crippen molar-refractivity contribution in [3.63, 3.8) is 0 Å². The lowest BCUT2D eigenvalue weighted by molar-refractivity contribution is -0.146. The fourth-order valence-corrected chi connectivity index (χ4v) is 3.27. The summed E-state index contributed by atoms with van der Waals surface area (Å²) in [5.41, 5.74) is 3.11. The van der Waals surface area contributed by atoms with Gasteiger partial charge >= 0.3 is 5.97 Å². The van der Waals surface area contributed by atoms with Crippen molar-refractivity contribution < 1.29 is 9.53 Å². The number of hydrogen-bond acceptors (Lipinski definition) is 4. The second-order valence-corrected chi connectivity index (χ2v) is 8.42. The van der Waals surface area contributed by atoms with Crippen molar-refractivity contribution in [3.05, 3.63) is 47.8 Å². The minimum absolute atomic E-state index is 0.168. The first-order chi connectivity index (χ1) is 14.5. The fourth-order valence-electron chi connectivity index (χ4n) is 3.27. The number of rotatable bonds is 13. The van der Waals surface area contributed by atoms with E-state index in [4.69, 9.17) is 4.74 Å². The van der Waals surface area contributed by atoms with Gasteiger partial charge in [0.2, 0.25) is 0 Å². The fraction of sp³-hybridized carbons (Fsp3) is 0.577. The number of benzene rings is 1. The van der Waals surface area contributed by atoms with Crippen molar-refractivity contribution in [2.24, 2.45) is 5.92 Å². The number of carbonyl (C=O) groups excluding carboxylic acids is 1. The number of aryl methyl sites for hydroxylation is 1. The summed E-state index contributed by atoms with van der Waals surface area (Å²) in [6, 6.07) is 7.91. The Bertz CT molecular complexity index is 741. The minimum Gasteiger partial charge on any atom is -0.465 e. The van der Waals surface area contributed by atoms with Gasteiger partial charge in [0.05, 0.1) is 12.5 Å². The van der Waals surface area contributed by atoms with Crippen molar-refractivity contribution in [1.29, 1.82) is 0 Å². The molecule has 0 aliphatic rings. The van der Waals surface area contributed by atoms with Crippen molar-refractivity contribution in [1.82, 2.24) is 9.97 Å². The Morgan fingerprint density at radius 1 is 0.933 bits per heavy atom. The van der Waals surface area contributed by atoms with E-state index < -0.39 is 0 Å². The van der Waals surface area contributed by atoms with Crippen LogP contribution in [0.2, 0.25) is 0 Å². The average Bonchev–Trinajstić information content (AvgIpc) is 2.79. The number of hydrogen-bond donors (Lipinski definition) is 0. The predicted octanol–water partition coefficient (Wildman–Crippen LogP) is 6.74. The van der Waals surface area contributed by atoms with Crippen LogP contribution < -0.4 is 0 Å². The van der Waals surface area contributed by atoms with Crippen molar-refractivity contribution in [3.8, 4) is 11.4 Å². The minimum atomic E-state index is -0.274. The van der Waals surface area contributed by atoms with Crippen molar-refractivity contribution >= 4 is 5.97 Å². The SMILES string of the molecule is CCCCCCCCc1cnc(-c2ccc([C@@H](C)C(=O)OCC(C)CC)cc2)nc1. The topological polar surface area (TPSA) is 52.1 Å². The van der Waals surface area contributed by atoms with Crippen LogP contribution in [-0.2, 0) is 16.0 Å². The molecule has 0 bridgehead atoms. The highest BCUT2D eigenvalue weighted by Crippen LogP contribution is 2.22. The van der Waals surface area contributed by atoms with E-state index in [0.717, 1.165) is 29.8 Å². The summed E-state index contributed by atoms with van der Waals surface area (Å²) >= 11 is 0. The molecule has 0 radical (unpaired) electrons. The number of aromatic nitrogens is 2. The second-order valence-electron chi connectivity index (χ2n) is 8.42. The normalized spacial score (nSPS) is 13.1. The van der Waals surface area contributed by atoms with Crippen LogP contribution in [0.1, 0.15) is 89.7 Å². The smallest absolute Gasteiger partial charge is 0.313 e.